The number of carbonyl (C=O) groups is 2. The number of hydrogen-bond donors (Lipinski definition) is 0. The Morgan fingerprint density at radius 3 is 2.57 bits per heavy atom. The Kier molecular flexibility index (Phi) is 1.79. The number of rotatable bonds is 1. The molecule has 2 rings (SSSR count). The molecule has 2 bridgehead atoms. The first kappa shape index (κ1) is 9.69. The first-order chi connectivity index (χ1) is 6.45. The van der Waals surface area contributed by atoms with Gasteiger partial charge in [-0.25, -0.2) is 0 Å². The van der Waals surface area contributed by atoms with Crippen molar-refractivity contribution in [2.45, 2.75) is 33.1 Å². The smallest absolute Gasteiger partial charge is 0.319 e. The molecule has 0 N–H and O–H groups in total. The van der Waals surface area contributed by atoms with Crippen LogP contribution >= 0.6 is 0 Å². The van der Waals surface area contributed by atoms with Crippen LogP contribution in [0.3, 0.4) is 0 Å². The molecule has 0 radical (unpaired) electrons. The standard InChI is InChI=1S/C11H16O3/c1-10(2)7-4-5-11(6-7,8(10)12)9(13)14-3/h7H,4-6H2,1-3H3/t7-,11-/m1/s1. The van der Waals surface area contributed by atoms with Crippen molar-refractivity contribution >= 4 is 11.8 Å². The van der Waals surface area contributed by atoms with Crippen LogP contribution in [0.4, 0.5) is 0 Å². The van der Waals surface area contributed by atoms with Crippen molar-refractivity contribution in [3.8, 4) is 0 Å². The van der Waals surface area contributed by atoms with Crippen molar-refractivity contribution in [2.24, 2.45) is 16.7 Å². The van der Waals surface area contributed by atoms with Crippen molar-refractivity contribution in [3.63, 3.8) is 0 Å². The molecular weight excluding hydrogens is 180 g/mol. The van der Waals surface area contributed by atoms with Gasteiger partial charge in [-0.3, -0.25) is 9.59 Å². The van der Waals surface area contributed by atoms with E-state index in [9.17, 15) is 9.59 Å². The van der Waals surface area contributed by atoms with Gasteiger partial charge >= 0.3 is 5.97 Å². The average molecular weight is 196 g/mol. The summed E-state index contributed by atoms with van der Waals surface area (Å²) in [7, 11) is 1.36. The Bertz CT molecular complexity index is 306. The molecule has 0 aromatic rings. The minimum atomic E-state index is -0.789. The van der Waals surface area contributed by atoms with E-state index < -0.39 is 5.41 Å². The van der Waals surface area contributed by atoms with E-state index in [0.717, 1.165) is 6.42 Å². The molecule has 2 saturated carbocycles. The normalized spacial score (nSPS) is 38.8. The SMILES string of the molecule is COC(=O)[C@]12CC[C@H](C1)C(C)(C)C2=O. The van der Waals surface area contributed by atoms with Gasteiger partial charge in [0.15, 0.2) is 5.78 Å². The Balaban J connectivity index is 2.40. The van der Waals surface area contributed by atoms with Crippen LogP contribution in [-0.4, -0.2) is 18.9 Å². The maximum absolute atomic E-state index is 12.1. The zero-order chi connectivity index (χ0) is 10.6. The van der Waals surface area contributed by atoms with Crippen LogP contribution < -0.4 is 0 Å². The van der Waals surface area contributed by atoms with Crippen LogP contribution in [0.15, 0.2) is 0 Å². The molecule has 3 heteroatoms. The van der Waals surface area contributed by atoms with Crippen LogP contribution in [-0.2, 0) is 14.3 Å². The second-order valence-corrected chi connectivity index (χ2v) is 5.06. The fourth-order valence-corrected chi connectivity index (χ4v) is 3.14. The Morgan fingerprint density at radius 1 is 1.50 bits per heavy atom. The molecule has 0 amide bonds. The maximum atomic E-state index is 12.1. The van der Waals surface area contributed by atoms with Crippen LogP contribution in [0.2, 0.25) is 0 Å². The zero-order valence-electron chi connectivity index (χ0n) is 8.92. The predicted molar refractivity (Wildman–Crippen MR) is 50.6 cm³/mol. The van der Waals surface area contributed by atoms with Gasteiger partial charge < -0.3 is 4.74 Å². The van der Waals surface area contributed by atoms with Crippen LogP contribution in [0.1, 0.15) is 33.1 Å². The minimum absolute atomic E-state index is 0.0908. The third-order valence-corrected chi connectivity index (χ3v) is 4.13. The largest absolute Gasteiger partial charge is 0.468 e. The quantitative estimate of drug-likeness (QED) is 0.472. The van der Waals surface area contributed by atoms with Crippen molar-refractivity contribution < 1.29 is 14.3 Å². The fourth-order valence-electron chi connectivity index (χ4n) is 3.14. The Hall–Kier alpha value is -0.860. The van der Waals surface area contributed by atoms with E-state index >= 15 is 0 Å². The van der Waals surface area contributed by atoms with Gasteiger partial charge in [-0.1, -0.05) is 13.8 Å². The number of carbonyl (C=O) groups excluding carboxylic acids is 2. The summed E-state index contributed by atoms with van der Waals surface area (Å²) in [5, 5.41) is 0. The highest BCUT2D eigenvalue weighted by atomic mass is 16.5. The average Bonchev–Trinajstić information content (AvgIpc) is 2.66. The first-order valence-electron chi connectivity index (χ1n) is 5.08. The number of ether oxygens (including phenoxy) is 1. The summed E-state index contributed by atoms with van der Waals surface area (Å²) in [6.07, 6.45) is 2.37. The molecule has 2 aliphatic rings. The Morgan fingerprint density at radius 2 is 2.14 bits per heavy atom. The van der Waals surface area contributed by atoms with E-state index in [-0.39, 0.29) is 17.2 Å². The van der Waals surface area contributed by atoms with Crippen molar-refractivity contribution in [3.05, 3.63) is 0 Å². The van der Waals surface area contributed by atoms with Gasteiger partial charge in [0.2, 0.25) is 0 Å². The monoisotopic (exact) mass is 196 g/mol. The molecule has 2 aliphatic carbocycles. The number of ketones is 1. The summed E-state index contributed by atoms with van der Waals surface area (Å²) in [6, 6.07) is 0. The van der Waals surface area contributed by atoms with E-state index in [1.807, 2.05) is 13.8 Å². The van der Waals surface area contributed by atoms with Crippen LogP contribution in [0.5, 0.6) is 0 Å². The lowest BCUT2D eigenvalue weighted by Crippen LogP contribution is -2.42. The summed E-state index contributed by atoms with van der Waals surface area (Å²) in [5.41, 5.74) is -1.12. The minimum Gasteiger partial charge on any atom is -0.468 e. The van der Waals surface area contributed by atoms with Crippen LogP contribution in [0.25, 0.3) is 0 Å². The second-order valence-electron chi connectivity index (χ2n) is 5.06. The van der Waals surface area contributed by atoms with Crippen molar-refractivity contribution in [1.82, 2.24) is 0 Å². The predicted octanol–water partition coefficient (Wildman–Crippen LogP) is 1.55. The van der Waals surface area contributed by atoms with Gasteiger partial charge in [0.25, 0.3) is 0 Å². The summed E-state index contributed by atoms with van der Waals surface area (Å²) >= 11 is 0. The third-order valence-electron chi connectivity index (χ3n) is 4.13. The van der Waals surface area contributed by atoms with Crippen LogP contribution in [0, 0.1) is 16.7 Å². The lowest BCUT2D eigenvalue weighted by atomic mass is 9.71. The van der Waals surface area contributed by atoms with Gasteiger partial charge in [0, 0.05) is 5.41 Å². The summed E-state index contributed by atoms with van der Waals surface area (Å²) in [6.45, 7) is 3.90. The maximum Gasteiger partial charge on any atom is 0.319 e. The van der Waals surface area contributed by atoms with Crippen molar-refractivity contribution in [2.75, 3.05) is 7.11 Å². The highest BCUT2D eigenvalue weighted by Gasteiger charge is 2.65. The van der Waals surface area contributed by atoms with Gasteiger partial charge in [-0.15, -0.1) is 0 Å². The molecule has 2 atom stereocenters. The van der Waals surface area contributed by atoms with Gasteiger partial charge in [0.05, 0.1) is 7.11 Å². The lowest BCUT2D eigenvalue weighted by molar-refractivity contribution is -0.158. The number of Topliss-reactive ketones (excluding diaryl/α,β-unsaturated/α-hetero) is 1. The molecule has 0 aliphatic heterocycles. The summed E-state index contributed by atoms with van der Waals surface area (Å²) < 4.78 is 4.76. The van der Waals surface area contributed by atoms with Crippen molar-refractivity contribution in [1.29, 1.82) is 0 Å². The van der Waals surface area contributed by atoms with Gasteiger partial charge in [-0.2, -0.15) is 0 Å². The van der Waals surface area contributed by atoms with E-state index in [2.05, 4.69) is 0 Å². The molecule has 14 heavy (non-hydrogen) atoms. The molecule has 0 heterocycles. The molecule has 0 aromatic carbocycles. The summed E-state index contributed by atoms with van der Waals surface area (Å²) in [5.74, 6) is 0.137. The molecular formula is C11H16O3. The van der Waals surface area contributed by atoms with Gasteiger partial charge in [0.1, 0.15) is 5.41 Å². The highest BCUT2D eigenvalue weighted by molar-refractivity contribution is 6.08. The third kappa shape index (κ3) is 0.877. The molecule has 2 fully saturated rings. The van der Waals surface area contributed by atoms with E-state index in [4.69, 9.17) is 4.74 Å². The fraction of sp³-hybridized carbons (Fsp3) is 0.818. The lowest BCUT2D eigenvalue weighted by Gasteiger charge is -2.31. The molecule has 0 saturated heterocycles. The molecule has 0 spiro atoms. The number of esters is 1. The number of hydrogen-bond acceptors (Lipinski definition) is 3. The Labute approximate surface area is 83.8 Å². The van der Waals surface area contributed by atoms with E-state index in [0.29, 0.717) is 18.8 Å². The number of fused-ring (bicyclic) bond motifs is 2. The first-order valence-corrected chi connectivity index (χ1v) is 5.08. The topological polar surface area (TPSA) is 43.4 Å². The van der Waals surface area contributed by atoms with E-state index in [1.54, 1.807) is 0 Å². The highest BCUT2D eigenvalue weighted by Crippen LogP contribution is 2.60. The summed E-state index contributed by atoms with van der Waals surface area (Å²) in [4.78, 5) is 23.8. The molecule has 78 valence electrons. The van der Waals surface area contributed by atoms with Gasteiger partial charge in [-0.05, 0) is 25.2 Å². The zero-order valence-corrected chi connectivity index (χ0v) is 8.92. The molecule has 3 nitrogen and oxygen atoms in total. The second kappa shape index (κ2) is 2.59. The number of methoxy groups -OCH3 is 1. The molecule has 0 unspecified atom stereocenters. The van der Waals surface area contributed by atoms with E-state index in [1.165, 1.54) is 7.11 Å². The molecule has 0 aromatic heterocycles.